The highest BCUT2D eigenvalue weighted by Gasteiger charge is 2.16. The zero-order chi connectivity index (χ0) is 10.3. The molecule has 0 radical (unpaired) electrons. The van der Waals surface area contributed by atoms with E-state index in [0.29, 0.717) is 13.1 Å². The maximum Gasteiger partial charge on any atom is 0.233 e. The molecule has 0 bridgehead atoms. The van der Waals surface area contributed by atoms with E-state index in [0.717, 1.165) is 12.8 Å². The number of hydrogen-bond acceptors (Lipinski definition) is 2. The highest BCUT2D eigenvalue weighted by atomic mass is 16.1. The number of carbonyl (C=O) groups excluding carboxylic acids is 1. The first-order valence-corrected chi connectivity index (χ1v) is 5.03. The summed E-state index contributed by atoms with van der Waals surface area (Å²) >= 11 is 0. The Hall–Kier alpha value is -0.570. The fourth-order valence-corrected chi connectivity index (χ4v) is 1.29. The minimum atomic E-state index is 0.0693. The van der Waals surface area contributed by atoms with E-state index >= 15 is 0 Å². The lowest BCUT2D eigenvalue weighted by atomic mass is 9.99. The van der Waals surface area contributed by atoms with Gasteiger partial charge in [-0.1, -0.05) is 13.3 Å². The molecule has 2 N–H and O–H groups in total. The molecule has 0 aromatic carbocycles. The van der Waals surface area contributed by atoms with Gasteiger partial charge in [0.05, 0.1) is 6.54 Å². The third kappa shape index (κ3) is 6.58. The molecular weight excluding hydrogens is 164 g/mol. The van der Waals surface area contributed by atoms with Crippen LogP contribution < -0.4 is 10.6 Å². The first-order chi connectivity index (χ1) is 6.02. The third-order valence-corrected chi connectivity index (χ3v) is 1.98. The van der Waals surface area contributed by atoms with Crippen molar-refractivity contribution < 1.29 is 4.79 Å². The molecule has 0 aromatic heterocycles. The molecule has 0 saturated heterocycles. The Balaban J connectivity index is 3.67. The van der Waals surface area contributed by atoms with Crippen molar-refractivity contribution in [1.82, 2.24) is 10.6 Å². The molecule has 0 rings (SSSR count). The molecule has 78 valence electrons. The van der Waals surface area contributed by atoms with Crippen molar-refractivity contribution in [2.45, 2.75) is 46.1 Å². The van der Waals surface area contributed by atoms with Gasteiger partial charge in [0.2, 0.25) is 5.91 Å². The second-order valence-corrected chi connectivity index (χ2v) is 3.94. The third-order valence-electron chi connectivity index (χ3n) is 1.98. The zero-order valence-corrected chi connectivity index (χ0v) is 9.24. The van der Waals surface area contributed by atoms with E-state index in [1.54, 1.807) is 0 Å². The van der Waals surface area contributed by atoms with Crippen LogP contribution in [0, 0.1) is 0 Å². The standard InChI is InChI=1S/C10H22N2O/c1-5-7-10(3,4)12-8-9(13)11-6-2/h12H,5-8H2,1-4H3,(H,11,13). The molecule has 0 heterocycles. The summed E-state index contributed by atoms with van der Waals surface area (Å²) < 4.78 is 0. The lowest BCUT2D eigenvalue weighted by Gasteiger charge is -2.25. The maximum atomic E-state index is 11.1. The molecule has 0 aliphatic heterocycles. The highest BCUT2D eigenvalue weighted by molar-refractivity contribution is 5.77. The summed E-state index contributed by atoms with van der Waals surface area (Å²) in [5.41, 5.74) is 0.0693. The van der Waals surface area contributed by atoms with E-state index in [9.17, 15) is 4.79 Å². The van der Waals surface area contributed by atoms with Gasteiger partial charge in [-0.2, -0.15) is 0 Å². The predicted molar refractivity (Wildman–Crippen MR) is 55.7 cm³/mol. The first-order valence-electron chi connectivity index (χ1n) is 5.03. The van der Waals surface area contributed by atoms with Crippen molar-refractivity contribution in [3.05, 3.63) is 0 Å². The molecular formula is C10H22N2O. The quantitative estimate of drug-likeness (QED) is 0.656. The van der Waals surface area contributed by atoms with Gasteiger partial charge >= 0.3 is 0 Å². The molecule has 1 amide bonds. The Morgan fingerprint density at radius 1 is 1.31 bits per heavy atom. The Bertz CT molecular complexity index is 155. The molecule has 0 aromatic rings. The van der Waals surface area contributed by atoms with Gasteiger partial charge in [0.25, 0.3) is 0 Å². The van der Waals surface area contributed by atoms with Crippen LogP contribution in [0.1, 0.15) is 40.5 Å². The van der Waals surface area contributed by atoms with Gasteiger partial charge < -0.3 is 10.6 Å². The molecule has 0 aliphatic rings. The number of rotatable bonds is 6. The topological polar surface area (TPSA) is 41.1 Å². The molecule has 0 unspecified atom stereocenters. The van der Waals surface area contributed by atoms with Crippen molar-refractivity contribution in [1.29, 1.82) is 0 Å². The predicted octanol–water partition coefficient (Wildman–Crippen LogP) is 1.29. The van der Waals surface area contributed by atoms with E-state index in [4.69, 9.17) is 0 Å². The van der Waals surface area contributed by atoms with Crippen LogP contribution in [-0.2, 0) is 4.79 Å². The monoisotopic (exact) mass is 186 g/mol. The van der Waals surface area contributed by atoms with Gasteiger partial charge in [-0.25, -0.2) is 0 Å². The van der Waals surface area contributed by atoms with Crippen LogP contribution >= 0.6 is 0 Å². The van der Waals surface area contributed by atoms with Crippen LogP contribution in [-0.4, -0.2) is 24.5 Å². The van der Waals surface area contributed by atoms with E-state index in [2.05, 4.69) is 31.4 Å². The lowest BCUT2D eigenvalue weighted by Crippen LogP contribution is -2.45. The van der Waals surface area contributed by atoms with Gasteiger partial charge in [0.1, 0.15) is 0 Å². The largest absolute Gasteiger partial charge is 0.355 e. The van der Waals surface area contributed by atoms with E-state index in [1.807, 2.05) is 6.92 Å². The Labute approximate surface area is 81.3 Å². The smallest absolute Gasteiger partial charge is 0.233 e. The molecule has 0 fully saturated rings. The second kappa shape index (κ2) is 5.97. The number of carbonyl (C=O) groups is 1. The van der Waals surface area contributed by atoms with E-state index in [1.165, 1.54) is 0 Å². The SMILES string of the molecule is CCCC(C)(C)NCC(=O)NCC. The fraction of sp³-hybridized carbons (Fsp3) is 0.900. The summed E-state index contributed by atoms with van der Waals surface area (Å²) in [4.78, 5) is 11.1. The van der Waals surface area contributed by atoms with Gasteiger partial charge in [-0.3, -0.25) is 4.79 Å². The number of nitrogens with one attached hydrogen (secondary N) is 2. The van der Waals surface area contributed by atoms with Crippen molar-refractivity contribution in [3.63, 3.8) is 0 Å². The van der Waals surface area contributed by atoms with Crippen molar-refractivity contribution in [3.8, 4) is 0 Å². The zero-order valence-electron chi connectivity index (χ0n) is 9.24. The van der Waals surface area contributed by atoms with Gasteiger partial charge in [-0.05, 0) is 27.2 Å². The molecule has 0 saturated carbocycles. The number of likely N-dealkylation sites (N-methyl/N-ethyl adjacent to an activating group) is 1. The van der Waals surface area contributed by atoms with E-state index < -0.39 is 0 Å². The summed E-state index contributed by atoms with van der Waals surface area (Å²) in [5.74, 6) is 0.0756. The Kier molecular flexibility index (Phi) is 5.71. The van der Waals surface area contributed by atoms with Gasteiger partial charge in [0, 0.05) is 12.1 Å². The Morgan fingerprint density at radius 2 is 1.92 bits per heavy atom. The van der Waals surface area contributed by atoms with E-state index in [-0.39, 0.29) is 11.4 Å². The minimum Gasteiger partial charge on any atom is -0.355 e. The summed E-state index contributed by atoms with van der Waals surface area (Å²) in [6.07, 6.45) is 2.22. The van der Waals surface area contributed by atoms with Crippen molar-refractivity contribution in [2.75, 3.05) is 13.1 Å². The maximum absolute atomic E-state index is 11.1. The van der Waals surface area contributed by atoms with Crippen LogP contribution in [0.3, 0.4) is 0 Å². The van der Waals surface area contributed by atoms with Gasteiger partial charge in [0.15, 0.2) is 0 Å². The average Bonchev–Trinajstić information content (AvgIpc) is 2.02. The molecule has 13 heavy (non-hydrogen) atoms. The number of hydrogen-bond donors (Lipinski definition) is 2. The van der Waals surface area contributed by atoms with Crippen LogP contribution in [0.2, 0.25) is 0 Å². The van der Waals surface area contributed by atoms with Crippen LogP contribution in [0.15, 0.2) is 0 Å². The molecule has 0 atom stereocenters. The number of amides is 1. The highest BCUT2D eigenvalue weighted by Crippen LogP contribution is 2.09. The average molecular weight is 186 g/mol. The molecule has 3 heteroatoms. The van der Waals surface area contributed by atoms with Crippen molar-refractivity contribution in [2.24, 2.45) is 0 Å². The summed E-state index contributed by atoms with van der Waals surface area (Å²) in [7, 11) is 0. The normalized spacial score (nSPS) is 11.4. The van der Waals surface area contributed by atoms with Crippen LogP contribution in [0.4, 0.5) is 0 Å². The fourth-order valence-electron chi connectivity index (χ4n) is 1.29. The summed E-state index contributed by atoms with van der Waals surface area (Å²) in [6, 6.07) is 0. The lowest BCUT2D eigenvalue weighted by molar-refractivity contribution is -0.120. The summed E-state index contributed by atoms with van der Waals surface area (Å²) in [6.45, 7) is 9.44. The first kappa shape index (κ1) is 12.4. The molecule has 0 spiro atoms. The molecule has 0 aliphatic carbocycles. The van der Waals surface area contributed by atoms with Gasteiger partial charge in [-0.15, -0.1) is 0 Å². The van der Waals surface area contributed by atoms with Crippen molar-refractivity contribution >= 4 is 5.91 Å². The second-order valence-electron chi connectivity index (χ2n) is 3.94. The summed E-state index contributed by atoms with van der Waals surface area (Å²) in [5, 5.41) is 5.99. The minimum absolute atomic E-state index is 0.0693. The molecule has 3 nitrogen and oxygen atoms in total. The van der Waals surface area contributed by atoms with Crippen LogP contribution in [0.5, 0.6) is 0 Å². The Morgan fingerprint density at radius 3 is 2.38 bits per heavy atom. The van der Waals surface area contributed by atoms with Crippen LogP contribution in [0.25, 0.3) is 0 Å².